The van der Waals surface area contributed by atoms with Gasteiger partial charge in [-0.05, 0) is 25.1 Å². The molecule has 0 aliphatic heterocycles. The number of halogens is 1. The maximum absolute atomic E-state index is 6.19. The van der Waals surface area contributed by atoms with Gasteiger partial charge in [0.15, 0.2) is 0 Å². The first kappa shape index (κ1) is 13.3. The standard InChI is InChI=1S/C12H19ClN2O/c1-3-7-15-10(8-14)12-9(13)5-4-6-11(12)16-2/h4-6,10,15H,3,7-8,14H2,1-2H3. The summed E-state index contributed by atoms with van der Waals surface area (Å²) in [7, 11) is 1.64. The van der Waals surface area contributed by atoms with Crippen molar-refractivity contribution in [3.05, 3.63) is 28.8 Å². The molecule has 0 aliphatic carbocycles. The van der Waals surface area contributed by atoms with Gasteiger partial charge in [0, 0.05) is 23.2 Å². The highest BCUT2D eigenvalue weighted by molar-refractivity contribution is 6.31. The molecule has 1 aromatic rings. The normalized spacial score (nSPS) is 12.5. The number of ether oxygens (including phenoxy) is 1. The van der Waals surface area contributed by atoms with E-state index in [1.807, 2.05) is 18.2 Å². The molecule has 1 rings (SSSR count). The van der Waals surface area contributed by atoms with Crippen molar-refractivity contribution in [2.75, 3.05) is 20.2 Å². The Kier molecular flexibility index (Phi) is 5.60. The first-order chi connectivity index (χ1) is 7.74. The van der Waals surface area contributed by atoms with Crippen molar-refractivity contribution in [1.82, 2.24) is 5.32 Å². The van der Waals surface area contributed by atoms with Gasteiger partial charge in [-0.15, -0.1) is 0 Å². The molecule has 3 nitrogen and oxygen atoms in total. The molecule has 1 unspecified atom stereocenters. The van der Waals surface area contributed by atoms with Gasteiger partial charge in [-0.2, -0.15) is 0 Å². The SMILES string of the molecule is CCCNC(CN)c1c(Cl)cccc1OC. The molecular formula is C12H19ClN2O. The zero-order valence-electron chi connectivity index (χ0n) is 9.79. The Morgan fingerprint density at radius 3 is 2.81 bits per heavy atom. The van der Waals surface area contributed by atoms with E-state index < -0.39 is 0 Å². The van der Waals surface area contributed by atoms with Gasteiger partial charge >= 0.3 is 0 Å². The average Bonchev–Trinajstić information content (AvgIpc) is 2.31. The smallest absolute Gasteiger partial charge is 0.125 e. The third kappa shape index (κ3) is 3.11. The van der Waals surface area contributed by atoms with E-state index >= 15 is 0 Å². The minimum Gasteiger partial charge on any atom is -0.496 e. The lowest BCUT2D eigenvalue weighted by Crippen LogP contribution is -2.29. The number of methoxy groups -OCH3 is 1. The average molecular weight is 243 g/mol. The Morgan fingerprint density at radius 2 is 2.25 bits per heavy atom. The molecule has 0 heterocycles. The van der Waals surface area contributed by atoms with Crippen LogP contribution in [0.15, 0.2) is 18.2 Å². The summed E-state index contributed by atoms with van der Waals surface area (Å²) in [5.74, 6) is 0.784. The molecule has 1 aromatic carbocycles. The van der Waals surface area contributed by atoms with Gasteiger partial charge in [-0.1, -0.05) is 24.6 Å². The number of benzene rings is 1. The number of hydrogen-bond acceptors (Lipinski definition) is 3. The number of nitrogens with one attached hydrogen (secondary N) is 1. The van der Waals surface area contributed by atoms with Crippen LogP contribution < -0.4 is 15.8 Å². The van der Waals surface area contributed by atoms with Crippen LogP contribution in [0, 0.1) is 0 Å². The number of rotatable bonds is 6. The molecule has 0 aliphatic rings. The molecule has 0 bridgehead atoms. The van der Waals surface area contributed by atoms with Gasteiger partial charge in [0.25, 0.3) is 0 Å². The molecule has 0 amide bonds. The lowest BCUT2D eigenvalue weighted by molar-refractivity contribution is 0.399. The Balaban J connectivity index is 2.97. The van der Waals surface area contributed by atoms with Gasteiger partial charge in [0.1, 0.15) is 5.75 Å². The van der Waals surface area contributed by atoms with Crippen molar-refractivity contribution in [2.45, 2.75) is 19.4 Å². The summed E-state index contributed by atoms with van der Waals surface area (Å²) in [5.41, 5.74) is 6.71. The fourth-order valence-corrected chi connectivity index (χ4v) is 1.95. The Hall–Kier alpha value is -0.770. The van der Waals surface area contributed by atoms with Gasteiger partial charge < -0.3 is 15.8 Å². The third-order valence-electron chi connectivity index (χ3n) is 2.46. The van der Waals surface area contributed by atoms with E-state index in [-0.39, 0.29) is 6.04 Å². The largest absolute Gasteiger partial charge is 0.496 e. The minimum atomic E-state index is 0.0450. The molecular weight excluding hydrogens is 224 g/mol. The second-order valence-corrected chi connectivity index (χ2v) is 4.01. The van der Waals surface area contributed by atoms with E-state index in [0.717, 1.165) is 24.3 Å². The topological polar surface area (TPSA) is 47.3 Å². The molecule has 90 valence electrons. The van der Waals surface area contributed by atoms with Gasteiger partial charge in [-0.25, -0.2) is 0 Å². The minimum absolute atomic E-state index is 0.0450. The fourth-order valence-electron chi connectivity index (χ4n) is 1.66. The Labute approximate surface area is 102 Å². The van der Waals surface area contributed by atoms with E-state index in [4.69, 9.17) is 22.1 Å². The maximum Gasteiger partial charge on any atom is 0.125 e. The quantitative estimate of drug-likeness (QED) is 0.805. The predicted molar refractivity (Wildman–Crippen MR) is 68.1 cm³/mol. The van der Waals surface area contributed by atoms with Crippen molar-refractivity contribution >= 4 is 11.6 Å². The number of hydrogen-bond donors (Lipinski definition) is 2. The Bertz CT molecular complexity index is 331. The van der Waals surface area contributed by atoms with Crippen LogP contribution in [0.3, 0.4) is 0 Å². The van der Waals surface area contributed by atoms with Gasteiger partial charge in [0.05, 0.1) is 7.11 Å². The van der Waals surface area contributed by atoms with Crippen LogP contribution in [-0.4, -0.2) is 20.2 Å². The highest BCUT2D eigenvalue weighted by Gasteiger charge is 2.17. The second kappa shape index (κ2) is 6.74. The van der Waals surface area contributed by atoms with Gasteiger partial charge in [0.2, 0.25) is 0 Å². The van der Waals surface area contributed by atoms with Crippen molar-refractivity contribution in [3.8, 4) is 5.75 Å². The lowest BCUT2D eigenvalue weighted by atomic mass is 10.1. The van der Waals surface area contributed by atoms with Crippen molar-refractivity contribution in [1.29, 1.82) is 0 Å². The molecule has 0 saturated heterocycles. The molecule has 0 aromatic heterocycles. The van der Waals surface area contributed by atoms with Crippen LogP contribution in [-0.2, 0) is 0 Å². The molecule has 0 spiro atoms. The Morgan fingerprint density at radius 1 is 1.50 bits per heavy atom. The highest BCUT2D eigenvalue weighted by Crippen LogP contribution is 2.31. The first-order valence-electron chi connectivity index (χ1n) is 5.50. The van der Waals surface area contributed by atoms with Crippen molar-refractivity contribution in [2.24, 2.45) is 5.73 Å². The monoisotopic (exact) mass is 242 g/mol. The summed E-state index contributed by atoms with van der Waals surface area (Å²) in [6, 6.07) is 5.68. The molecule has 0 fully saturated rings. The summed E-state index contributed by atoms with van der Waals surface area (Å²) < 4.78 is 5.31. The molecule has 4 heteroatoms. The predicted octanol–water partition coefficient (Wildman–Crippen LogP) is 2.35. The van der Waals surface area contributed by atoms with Crippen LogP contribution >= 0.6 is 11.6 Å². The zero-order chi connectivity index (χ0) is 12.0. The summed E-state index contributed by atoms with van der Waals surface area (Å²) in [4.78, 5) is 0. The maximum atomic E-state index is 6.19. The summed E-state index contributed by atoms with van der Waals surface area (Å²) in [6.07, 6.45) is 1.06. The van der Waals surface area contributed by atoms with E-state index in [1.54, 1.807) is 7.11 Å². The van der Waals surface area contributed by atoms with Crippen LogP contribution in [0.4, 0.5) is 0 Å². The van der Waals surface area contributed by atoms with E-state index in [1.165, 1.54) is 0 Å². The van der Waals surface area contributed by atoms with Crippen LogP contribution in [0.5, 0.6) is 5.75 Å². The summed E-state index contributed by atoms with van der Waals surface area (Å²) in [5, 5.41) is 4.05. The molecule has 0 radical (unpaired) electrons. The highest BCUT2D eigenvalue weighted by atomic mass is 35.5. The van der Waals surface area contributed by atoms with E-state index in [2.05, 4.69) is 12.2 Å². The first-order valence-corrected chi connectivity index (χ1v) is 5.88. The van der Waals surface area contributed by atoms with Crippen LogP contribution in [0.25, 0.3) is 0 Å². The fraction of sp³-hybridized carbons (Fsp3) is 0.500. The summed E-state index contributed by atoms with van der Waals surface area (Å²) >= 11 is 6.19. The van der Waals surface area contributed by atoms with Crippen molar-refractivity contribution < 1.29 is 4.74 Å². The van der Waals surface area contributed by atoms with Crippen LogP contribution in [0.2, 0.25) is 5.02 Å². The lowest BCUT2D eigenvalue weighted by Gasteiger charge is -2.20. The van der Waals surface area contributed by atoms with E-state index in [9.17, 15) is 0 Å². The second-order valence-electron chi connectivity index (χ2n) is 3.60. The molecule has 0 saturated carbocycles. The van der Waals surface area contributed by atoms with Gasteiger partial charge in [-0.3, -0.25) is 0 Å². The zero-order valence-corrected chi connectivity index (χ0v) is 10.6. The number of nitrogens with two attached hydrogens (primary N) is 1. The van der Waals surface area contributed by atoms with E-state index in [0.29, 0.717) is 11.6 Å². The van der Waals surface area contributed by atoms with Crippen LogP contribution in [0.1, 0.15) is 24.9 Å². The third-order valence-corrected chi connectivity index (χ3v) is 2.79. The van der Waals surface area contributed by atoms with Crippen molar-refractivity contribution in [3.63, 3.8) is 0 Å². The molecule has 1 atom stereocenters. The molecule has 16 heavy (non-hydrogen) atoms. The molecule has 3 N–H and O–H groups in total. The summed E-state index contributed by atoms with van der Waals surface area (Å²) in [6.45, 7) is 3.53.